The van der Waals surface area contributed by atoms with Gasteiger partial charge in [0.2, 0.25) is 0 Å². The molecule has 1 N–H and O–H groups in total. The molecular formula is C17H14N4. The maximum atomic E-state index is 4.14. The molecule has 0 spiro atoms. The second-order valence-corrected chi connectivity index (χ2v) is 4.44. The number of nitrogens with zero attached hydrogens (tertiary/aromatic N) is 3. The highest BCUT2D eigenvalue weighted by Gasteiger charge is 2.00. The average Bonchev–Trinajstić information content (AvgIpc) is 2.56. The first-order valence-electron chi connectivity index (χ1n) is 6.65. The summed E-state index contributed by atoms with van der Waals surface area (Å²) in [5, 5.41) is 14.2. The van der Waals surface area contributed by atoms with Crippen LogP contribution in [0, 0.1) is 0 Å². The highest BCUT2D eigenvalue weighted by Crippen LogP contribution is 2.18. The lowest BCUT2D eigenvalue weighted by molar-refractivity contribution is 1.04. The second-order valence-electron chi connectivity index (χ2n) is 4.44. The molecule has 0 aliphatic carbocycles. The molecule has 0 atom stereocenters. The molecule has 4 nitrogen and oxygen atoms in total. The van der Waals surface area contributed by atoms with Crippen molar-refractivity contribution in [1.29, 1.82) is 0 Å². The fourth-order valence-electron chi connectivity index (χ4n) is 1.97. The number of fused-ring (bicyclic) bond motifs is 1. The number of rotatable bonds is 4. The van der Waals surface area contributed by atoms with Crippen LogP contribution in [0.25, 0.3) is 16.8 Å². The van der Waals surface area contributed by atoms with Crippen LogP contribution in [-0.2, 0) is 0 Å². The molecule has 0 amide bonds. The van der Waals surface area contributed by atoms with Gasteiger partial charge < -0.3 is 0 Å². The van der Waals surface area contributed by atoms with Gasteiger partial charge in [-0.1, -0.05) is 60.7 Å². The maximum Gasteiger partial charge on any atom is 0.176 e. The standard InChI is InChI=1S/C17H14N4/c1-2-7-14(8-3-1)9-6-12-18-20-17-16-11-5-4-10-15(16)13-19-21-17/h1-13H,(H,20,21)/b9-6+,18-12+. The van der Waals surface area contributed by atoms with E-state index in [4.69, 9.17) is 0 Å². The molecule has 3 aromatic rings. The van der Waals surface area contributed by atoms with Crippen molar-refractivity contribution >= 4 is 28.9 Å². The fraction of sp³-hybridized carbons (Fsp3) is 0. The summed E-state index contributed by atoms with van der Waals surface area (Å²) in [5.74, 6) is 0.650. The third kappa shape index (κ3) is 3.30. The van der Waals surface area contributed by atoms with E-state index < -0.39 is 0 Å². The third-order valence-corrected chi connectivity index (χ3v) is 2.99. The lowest BCUT2D eigenvalue weighted by atomic mass is 10.2. The Balaban J connectivity index is 1.69. The molecule has 4 heteroatoms. The van der Waals surface area contributed by atoms with Gasteiger partial charge in [-0.2, -0.15) is 10.2 Å². The van der Waals surface area contributed by atoms with Gasteiger partial charge in [0.1, 0.15) is 0 Å². The van der Waals surface area contributed by atoms with E-state index in [1.165, 1.54) is 0 Å². The van der Waals surface area contributed by atoms with E-state index in [9.17, 15) is 0 Å². The first kappa shape index (κ1) is 13.0. The number of hydrazone groups is 1. The Kier molecular flexibility index (Phi) is 3.98. The predicted molar refractivity (Wildman–Crippen MR) is 87.1 cm³/mol. The molecule has 0 unspecified atom stereocenters. The van der Waals surface area contributed by atoms with E-state index in [2.05, 4.69) is 20.7 Å². The molecule has 0 aliphatic heterocycles. The number of benzene rings is 2. The molecule has 0 saturated carbocycles. The van der Waals surface area contributed by atoms with Gasteiger partial charge in [0.15, 0.2) is 5.82 Å². The normalized spacial score (nSPS) is 11.4. The third-order valence-electron chi connectivity index (χ3n) is 2.99. The molecule has 0 aliphatic rings. The van der Waals surface area contributed by atoms with Crippen molar-refractivity contribution in [2.75, 3.05) is 5.43 Å². The minimum absolute atomic E-state index is 0.650. The number of aromatic nitrogens is 2. The molecule has 1 heterocycles. The average molecular weight is 274 g/mol. The number of hydrogen-bond donors (Lipinski definition) is 1. The summed E-state index contributed by atoms with van der Waals surface area (Å²) in [6.45, 7) is 0. The molecule has 0 saturated heterocycles. The van der Waals surface area contributed by atoms with Gasteiger partial charge in [0.25, 0.3) is 0 Å². The first-order chi connectivity index (χ1) is 10.4. The molecule has 1 aromatic heterocycles. The smallest absolute Gasteiger partial charge is 0.176 e. The van der Waals surface area contributed by atoms with Gasteiger partial charge in [0.05, 0.1) is 6.20 Å². The van der Waals surface area contributed by atoms with Crippen molar-refractivity contribution in [3.05, 3.63) is 72.4 Å². The Hall–Kier alpha value is -3.01. The van der Waals surface area contributed by atoms with Gasteiger partial charge in [-0.25, -0.2) is 0 Å². The molecule has 0 bridgehead atoms. The highest BCUT2D eigenvalue weighted by atomic mass is 15.3. The minimum Gasteiger partial charge on any atom is -0.259 e. The van der Waals surface area contributed by atoms with E-state index in [1.807, 2.05) is 66.7 Å². The van der Waals surface area contributed by atoms with Crippen LogP contribution in [0.15, 0.2) is 72.0 Å². The predicted octanol–water partition coefficient (Wildman–Crippen LogP) is 3.74. The van der Waals surface area contributed by atoms with Crippen LogP contribution in [0.4, 0.5) is 5.82 Å². The second kappa shape index (κ2) is 6.43. The summed E-state index contributed by atoms with van der Waals surface area (Å²) < 4.78 is 0. The van der Waals surface area contributed by atoms with Crippen molar-refractivity contribution in [2.45, 2.75) is 0 Å². The van der Waals surface area contributed by atoms with Crippen molar-refractivity contribution < 1.29 is 0 Å². The van der Waals surface area contributed by atoms with Gasteiger partial charge in [-0.3, -0.25) is 5.43 Å². The van der Waals surface area contributed by atoms with Crippen molar-refractivity contribution in [3.63, 3.8) is 0 Å². The Labute approximate surface area is 122 Å². The van der Waals surface area contributed by atoms with Crippen LogP contribution < -0.4 is 5.43 Å². The topological polar surface area (TPSA) is 50.2 Å². The fourth-order valence-corrected chi connectivity index (χ4v) is 1.97. The summed E-state index contributed by atoms with van der Waals surface area (Å²) >= 11 is 0. The van der Waals surface area contributed by atoms with Crippen LogP contribution >= 0.6 is 0 Å². The minimum atomic E-state index is 0.650. The molecular weight excluding hydrogens is 260 g/mol. The van der Waals surface area contributed by atoms with Crippen LogP contribution in [0.2, 0.25) is 0 Å². The van der Waals surface area contributed by atoms with E-state index in [1.54, 1.807) is 12.4 Å². The van der Waals surface area contributed by atoms with E-state index >= 15 is 0 Å². The summed E-state index contributed by atoms with van der Waals surface area (Å²) in [4.78, 5) is 0. The largest absolute Gasteiger partial charge is 0.259 e. The molecule has 21 heavy (non-hydrogen) atoms. The first-order valence-corrected chi connectivity index (χ1v) is 6.65. The lowest BCUT2D eigenvalue weighted by Gasteiger charge is -2.02. The quantitative estimate of drug-likeness (QED) is 0.582. The molecule has 0 fully saturated rings. The van der Waals surface area contributed by atoms with Crippen molar-refractivity contribution in [1.82, 2.24) is 10.2 Å². The summed E-state index contributed by atoms with van der Waals surface area (Å²) in [7, 11) is 0. The van der Waals surface area contributed by atoms with Crippen LogP contribution in [0.3, 0.4) is 0 Å². The number of anilines is 1. The van der Waals surface area contributed by atoms with E-state index in [0.717, 1.165) is 16.3 Å². The number of nitrogens with one attached hydrogen (secondary N) is 1. The number of hydrogen-bond acceptors (Lipinski definition) is 4. The summed E-state index contributed by atoms with van der Waals surface area (Å²) in [6.07, 6.45) is 7.29. The van der Waals surface area contributed by atoms with Gasteiger partial charge in [-0.15, -0.1) is 5.10 Å². The monoisotopic (exact) mass is 274 g/mol. The number of allylic oxidation sites excluding steroid dienone is 1. The van der Waals surface area contributed by atoms with Gasteiger partial charge in [0, 0.05) is 17.0 Å². The van der Waals surface area contributed by atoms with Crippen molar-refractivity contribution in [2.24, 2.45) is 5.10 Å². The zero-order valence-corrected chi connectivity index (χ0v) is 11.3. The summed E-state index contributed by atoms with van der Waals surface area (Å²) in [6, 6.07) is 18.0. The van der Waals surface area contributed by atoms with Gasteiger partial charge >= 0.3 is 0 Å². The SMILES string of the molecule is C(=C\c1ccccc1)/C=N/Nc1nncc2ccccc12. The van der Waals surface area contributed by atoms with Crippen LogP contribution in [0.1, 0.15) is 5.56 Å². The Morgan fingerprint density at radius 3 is 2.67 bits per heavy atom. The lowest BCUT2D eigenvalue weighted by Crippen LogP contribution is -1.95. The van der Waals surface area contributed by atoms with Crippen LogP contribution in [-0.4, -0.2) is 16.4 Å². The highest BCUT2D eigenvalue weighted by molar-refractivity contribution is 5.91. The summed E-state index contributed by atoms with van der Waals surface area (Å²) in [5.41, 5.74) is 4.05. The Morgan fingerprint density at radius 1 is 0.952 bits per heavy atom. The molecule has 0 radical (unpaired) electrons. The molecule has 102 valence electrons. The van der Waals surface area contributed by atoms with E-state index in [-0.39, 0.29) is 0 Å². The Morgan fingerprint density at radius 2 is 1.76 bits per heavy atom. The van der Waals surface area contributed by atoms with E-state index in [0.29, 0.717) is 5.82 Å². The van der Waals surface area contributed by atoms with Crippen molar-refractivity contribution in [3.8, 4) is 0 Å². The zero-order chi connectivity index (χ0) is 14.3. The Bertz CT molecular complexity index is 774. The molecule has 2 aromatic carbocycles. The van der Waals surface area contributed by atoms with Crippen LogP contribution in [0.5, 0.6) is 0 Å². The maximum absolute atomic E-state index is 4.14. The zero-order valence-electron chi connectivity index (χ0n) is 11.3. The van der Waals surface area contributed by atoms with Gasteiger partial charge in [-0.05, 0) is 11.6 Å². The molecule has 3 rings (SSSR count).